The van der Waals surface area contributed by atoms with E-state index >= 15 is 0 Å². The normalized spacial score (nSPS) is 19.6. The van der Waals surface area contributed by atoms with Gasteiger partial charge in [-0.3, -0.25) is 9.69 Å². The molecule has 3 nitrogen and oxygen atoms in total. The number of benzene rings is 2. The van der Waals surface area contributed by atoms with Crippen LogP contribution in [0.4, 0.5) is 30.7 Å². The second-order valence-corrected chi connectivity index (χ2v) is 9.04. The highest BCUT2D eigenvalue weighted by Gasteiger charge is 2.40. The highest BCUT2D eigenvalue weighted by molar-refractivity contribution is 5.67. The Kier molecular flexibility index (Phi) is 8.38. The molecule has 10 heteroatoms. The summed E-state index contributed by atoms with van der Waals surface area (Å²) in [5.41, 5.74) is -1.67. The molecule has 1 saturated heterocycles. The zero-order chi connectivity index (χ0) is 27.5. The number of likely N-dealkylation sites (tertiary alicyclic amines) is 1. The lowest BCUT2D eigenvalue weighted by atomic mass is 9.83. The van der Waals surface area contributed by atoms with Gasteiger partial charge in [-0.1, -0.05) is 36.6 Å². The standard InChI is InChI=1S/C27H24F7NO2/c1-16(2)3-10-23(21-9-8-20(28)15-22(21)27(32,33)34)35-12-11-17(14-25(36)37)13-24(35)18-4-6-19(7-5-18)26(29,30)31/h4-9,15,17,23-24H,1,11-14H2,2H3,(H,36,37)/t17-,23-,24+/m0/s1. The van der Waals surface area contributed by atoms with Crippen LogP contribution in [0, 0.1) is 23.6 Å². The molecule has 1 aliphatic heterocycles. The first-order chi connectivity index (χ1) is 17.2. The molecular formula is C27H24F7NO2. The molecule has 0 bridgehead atoms. The average molecular weight is 527 g/mol. The van der Waals surface area contributed by atoms with Crippen molar-refractivity contribution >= 4 is 5.97 Å². The maximum atomic E-state index is 13.9. The molecular weight excluding hydrogens is 503 g/mol. The Bertz CT molecular complexity index is 1210. The van der Waals surface area contributed by atoms with Crippen LogP contribution in [0.25, 0.3) is 0 Å². The Morgan fingerprint density at radius 1 is 1.11 bits per heavy atom. The predicted molar refractivity (Wildman–Crippen MR) is 123 cm³/mol. The van der Waals surface area contributed by atoms with Gasteiger partial charge in [0.2, 0.25) is 0 Å². The maximum Gasteiger partial charge on any atom is 0.416 e. The summed E-state index contributed by atoms with van der Waals surface area (Å²) in [6.45, 7) is 5.34. The number of carbonyl (C=O) groups is 1. The van der Waals surface area contributed by atoms with Gasteiger partial charge < -0.3 is 5.11 Å². The van der Waals surface area contributed by atoms with E-state index in [1.165, 1.54) is 12.1 Å². The molecule has 0 saturated carbocycles. The third-order valence-corrected chi connectivity index (χ3v) is 6.21. The molecule has 1 heterocycles. The number of rotatable bonds is 5. The monoisotopic (exact) mass is 527 g/mol. The zero-order valence-electron chi connectivity index (χ0n) is 19.8. The molecule has 1 fully saturated rings. The number of aliphatic carboxylic acids is 1. The van der Waals surface area contributed by atoms with Crippen molar-refractivity contribution in [3.8, 4) is 11.8 Å². The summed E-state index contributed by atoms with van der Waals surface area (Å²) in [6.07, 6.45) is -9.19. The van der Waals surface area contributed by atoms with E-state index in [1.54, 1.807) is 11.8 Å². The van der Waals surface area contributed by atoms with Crippen LogP contribution < -0.4 is 0 Å². The van der Waals surface area contributed by atoms with Crippen molar-refractivity contribution < 1.29 is 40.6 Å². The highest BCUT2D eigenvalue weighted by atomic mass is 19.4. The lowest BCUT2D eigenvalue weighted by Gasteiger charge is -2.43. The van der Waals surface area contributed by atoms with Gasteiger partial charge in [0.25, 0.3) is 0 Å². The van der Waals surface area contributed by atoms with Gasteiger partial charge in [0, 0.05) is 19.0 Å². The third-order valence-electron chi connectivity index (χ3n) is 6.21. The van der Waals surface area contributed by atoms with Crippen LogP contribution in [0.15, 0.2) is 54.6 Å². The van der Waals surface area contributed by atoms with Gasteiger partial charge in [0.1, 0.15) is 5.82 Å². The van der Waals surface area contributed by atoms with E-state index in [2.05, 4.69) is 18.4 Å². The molecule has 0 aliphatic carbocycles. The second kappa shape index (κ2) is 11.0. The van der Waals surface area contributed by atoms with Crippen molar-refractivity contribution in [2.24, 2.45) is 5.92 Å². The first kappa shape index (κ1) is 28.3. The second-order valence-electron chi connectivity index (χ2n) is 9.04. The van der Waals surface area contributed by atoms with E-state index < -0.39 is 47.3 Å². The van der Waals surface area contributed by atoms with E-state index in [1.807, 2.05) is 0 Å². The fourth-order valence-corrected chi connectivity index (χ4v) is 4.56. The SMILES string of the molecule is C=C(C)C#C[C@@H](c1ccc(F)cc1C(F)(F)F)N1CC[C@H](CC(=O)O)C[C@@H]1c1ccc(C(F)(F)F)cc1. The van der Waals surface area contributed by atoms with E-state index in [-0.39, 0.29) is 30.9 Å². The Labute approximate surface area is 209 Å². The molecule has 0 radical (unpaired) electrons. The maximum absolute atomic E-state index is 13.9. The molecule has 0 amide bonds. The minimum absolute atomic E-state index is 0.119. The van der Waals surface area contributed by atoms with Gasteiger partial charge >= 0.3 is 18.3 Å². The van der Waals surface area contributed by atoms with Crippen molar-refractivity contribution in [3.05, 3.63) is 82.7 Å². The summed E-state index contributed by atoms with van der Waals surface area (Å²) in [7, 11) is 0. The first-order valence-corrected chi connectivity index (χ1v) is 11.3. The summed E-state index contributed by atoms with van der Waals surface area (Å²) in [6, 6.07) is 4.56. The Morgan fingerprint density at radius 3 is 2.30 bits per heavy atom. The van der Waals surface area contributed by atoms with E-state index in [9.17, 15) is 40.6 Å². The van der Waals surface area contributed by atoms with Crippen LogP contribution in [-0.4, -0.2) is 22.5 Å². The quantitative estimate of drug-likeness (QED) is 0.325. The molecule has 198 valence electrons. The molecule has 0 unspecified atom stereocenters. The molecule has 37 heavy (non-hydrogen) atoms. The Morgan fingerprint density at radius 2 is 1.76 bits per heavy atom. The average Bonchev–Trinajstić information content (AvgIpc) is 2.79. The van der Waals surface area contributed by atoms with Crippen molar-refractivity contribution in [2.45, 2.75) is 50.6 Å². The van der Waals surface area contributed by atoms with Crippen LogP contribution in [-0.2, 0) is 17.1 Å². The topological polar surface area (TPSA) is 40.5 Å². The van der Waals surface area contributed by atoms with Gasteiger partial charge in [-0.05, 0) is 66.6 Å². The summed E-state index contributed by atoms with van der Waals surface area (Å²) in [5.74, 6) is 2.98. The number of nitrogens with zero attached hydrogens (tertiary/aromatic N) is 1. The van der Waals surface area contributed by atoms with E-state index in [4.69, 9.17) is 0 Å². The molecule has 1 aliphatic rings. The number of allylic oxidation sites excluding steroid dienone is 1. The number of carboxylic acids is 1. The Balaban J connectivity index is 2.15. The molecule has 0 aromatic heterocycles. The first-order valence-electron chi connectivity index (χ1n) is 11.3. The number of alkyl halides is 6. The summed E-state index contributed by atoms with van der Waals surface area (Å²) < 4.78 is 94.9. The fraction of sp³-hybridized carbons (Fsp3) is 0.370. The molecule has 1 N–H and O–H groups in total. The third kappa shape index (κ3) is 7.13. The van der Waals surface area contributed by atoms with Crippen molar-refractivity contribution in [3.63, 3.8) is 0 Å². The van der Waals surface area contributed by atoms with Gasteiger partial charge in [0.05, 0.1) is 17.2 Å². The molecule has 2 aromatic rings. The lowest BCUT2D eigenvalue weighted by Crippen LogP contribution is -2.40. The number of hydrogen-bond acceptors (Lipinski definition) is 2. The Hall–Kier alpha value is -3.32. The van der Waals surface area contributed by atoms with Crippen LogP contribution in [0.1, 0.15) is 60.5 Å². The van der Waals surface area contributed by atoms with Gasteiger partial charge in [-0.2, -0.15) is 26.3 Å². The zero-order valence-corrected chi connectivity index (χ0v) is 19.8. The molecule has 2 aromatic carbocycles. The molecule has 3 rings (SSSR count). The number of piperidine rings is 1. The fourth-order valence-electron chi connectivity index (χ4n) is 4.56. The summed E-state index contributed by atoms with van der Waals surface area (Å²) in [4.78, 5) is 12.9. The van der Waals surface area contributed by atoms with Crippen molar-refractivity contribution in [2.75, 3.05) is 6.54 Å². The number of halogens is 7. The largest absolute Gasteiger partial charge is 0.481 e. The minimum atomic E-state index is -4.90. The van der Waals surface area contributed by atoms with Gasteiger partial charge in [-0.15, -0.1) is 0 Å². The molecule has 3 atom stereocenters. The van der Waals surface area contributed by atoms with E-state index in [0.717, 1.165) is 24.3 Å². The van der Waals surface area contributed by atoms with Crippen LogP contribution in [0.2, 0.25) is 0 Å². The minimum Gasteiger partial charge on any atom is -0.481 e. The summed E-state index contributed by atoms with van der Waals surface area (Å²) in [5, 5.41) is 9.27. The number of hydrogen-bond donors (Lipinski definition) is 1. The van der Waals surface area contributed by atoms with Crippen molar-refractivity contribution in [1.29, 1.82) is 0 Å². The summed E-state index contributed by atoms with van der Waals surface area (Å²) >= 11 is 0. The van der Waals surface area contributed by atoms with Gasteiger partial charge in [0.15, 0.2) is 0 Å². The van der Waals surface area contributed by atoms with Crippen molar-refractivity contribution in [1.82, 2.24) is 4.90 Å². The highest BCUT2D eigenvalue weighted by Crippen LogP contribution is 2.44. The van der Waals surface area contributed by atoms with Crippen LogP contribution in [0.5, 0.6) is 0 Å². The van der Waals surface area contributed by atoms with Crippen LogP contribution >= 0.6 is 0 Å². The van der Waals surface area contributed by atoms with Gasteiger partial charge in [-0.25, -0.2) is 4.39 Å². The van der Waals surface area contributed by atoms with Crippen LogP contribution in [0.3, 0.4) is 0 Å². The predicted octanol–water partition coefficient (Wildman–Crippen LogP) is 7.41. The molecule has 0 spiro atoms. The smallest absolute Gasteiger partial charge is 0.416 e. The van der Waals surface area contributed by atoms with E-state index in [0.29, 0.717) is 23.6 Å². The number of carboxylic acid groups (broad SMARTS) is 1. The lowest BCUT2D eigenvalue weighted by molar-refractivity contribution is -0.140.